The molecule has 0 saturated heterocycles. The molecule has 0 aromatic carbocycles. The number of nitrogens with one attached hydrogen (secondary N) is 1. The van der Waals surface area contributed by atoms with E-state index in [0.29, 0.717) is 8.81 Å². The molecule has 2 unspecified atom stereocenters. The van der Waals surface area contributed by atoms with Crippen molar-refractivity contribution >= 4 is 64.8 Å². The van der Waals surface area contributed by atoms with Crippen molar-refractivity contribution in [3.8, 4) is 0 Å². The van der Waals surface area contributed by atoms with Gasteiger partial charge >= 0.3 is 0 Å². The summed E-state index contributed by atoms with van der Waals surface area (Å²) in [7, 11) is -3.48. The van der Waals surface area contributed by atoms with Gasteiger partial charge in [-0.05, 0) is 34.8 Å². The molecule has 1 N–H and O–H groups in total. The molecule has 0 fully saturated rings. The summed E-state index contributed by atoms with van der Waals surface area (Å²) in [5.74, 6) is 0.212. The Morgan fingerprint density at radius 1 is 1.53 bits per heavy atom. The van der Waals surface area contributed by atoms with Crippen LogP contribution >= 0.6 is 54.8 Å². The second-order valence-corrected chi connectivity index (χ2v) is 9.09. The molecule has 98 valence electrons. The van der Waals surface area contributed by atoms with Gasteiger partial charge in [-0.1, -0.05) is 34.5 Å². The first-order valence-corrected chi connectivity index (χ1v) is 9.40. The Labute approximate surface area is 127 Å². The Hall–Kier alpha value is 0.860. The van der Waals surface area contributed by atoms with E-state index in [1.165, 1.54) is 6.07 Å². The van der Waals surface area contributed by atoms with Crippen LogP contribution in [0.15, 0.2) is 14.1 Å². The van der Waals surface area contributed by atoms with Gasteiger partial charge in [0.1, 0.15) is 4.21 Å². The lowest BCUT2D eigenvalue weighted by atomic mass is 10.1. The van der Waals surface area contributed by atoms with Gasteiger partial charge in [-0.3, -0.25) is 0 Å². The van der Waals surface area contributed by atoms with E-state index in [1.54, 1.807) is 0 Å². The fourth-order valence-electron chi connectivity index (χ4n) is 1.01. The second kappa shape index (κ2) is 6.34. The number of thiophene rings is 1. The van der Waals surface area contributed by atoms with Crippen molar-refractivity contribution in [1.29, 1.82) is 0 Å². The third kappa shape index (κ3) is 4.18. The summed E-state index contributed by atoms with van der Waals surface area (Å²) in [4.78, 5) is 0. The zero-order valence-corrected chi connectivity index (χ0v) is 14.8. The number of halogens is 3. The SMILES string of the molecule is CC(CBr)C(C)NS(=O)(=O)c1cc(Cl)c(Br)s1. The Bertz CT molecular complexity index is 470. The van der Waals surface area contributed by atoms with Crippen LogP contribution in [0, 0.1) is 5.92 Å². The van der Waals surface area contributed by atoms with Crippen molar-refractivity contribution in [2.75, 3.05) is 5.33 Å². The summed E-state index contributed by atoms with van der Waals surface area (Å²) in [6, 6.07) is 1.31. The maximum Gasteiger partial charge on any atom is 0.250 e. The third-order valence-corrected chi connectivity index (χ3v) is 7.85. The van der Waals surface area contributed by atoms with Crippen LogP contribution in [0.2, 0.25) is 5.02 Å². The van der Waals surface area contributed by atoms with E-state index in [4.69, 9.17) is 11.6 Å². The topological polar surface area (TPSA) is 46.2 Å². The number of hydrogen-bond acceptors (Lipinski definition) is 3. The highest BCUT2D eigenvalue weighted by atomic mass is 79.9. The monoisotopic (exact) mass is 423 g/mol. The van der Waals surface area contributed by atoms with Crippen LogP contribution in [-0.4, -0.2) is 19.8 Å². The van der Waals surface area contributed by atoms with E-state index in [1.807, 2.05) is 13.8 Å². The van der Waals surface area contributed by atoms with Crippen molar-refractivity contribution in [1.82, 2.24) is 4.72 Å². The smallest absolute Gasteiger partial charge is 0.207 e. The van der Waals surface area contributed by atoms with Crippen LogP contribution in [-0.2, 0) is 10.0 Å². The van der Waals surface area contributed by atoms with Crippen LogP contribution in [0.1, 0.15) is 13.8 Å². The first-order valence-electron chi connectivity index (χ1n) is 4.81. The van der Waals surface area contributed by atoms with Gasteiger partial charge in [0, 0.05) is 11.4 Å². The van der Waals surface area contributed by atoms with E-state index >= 15 is 0 Å². The Morgan fingerprint density at radius 3 is 2.53 bits per heavy atom. The fraction of sp³-hybridized carbons (Fsp3) is 0.556. The summed E-state index contributed by atoms with van der Waals surface area (Å²) < 4.78 is 27.6. The summed E-state index contributed by atoms with van der Waals surface area (Å²) >= 11 is 13.5. The normalized spacial score (nSPS) is 15.8. The third-order valence-electron chi connectivity index (χ3n) is 2.33. The van der Waals surface area contributed by atoms with Crippen molar-refractivity contribution < 1.29 is 8.42 Å². The molecule has 17 heavy (non-hydrogen) atoms. The molecule has 1 aromatic heterocycles. The predicted octanol–water partition coefficient (Wildman–Crippen LogP) is 3.86. The summed E-state index contributed by atoms with van der Waals surface area (Å²) in [6.07, 6.45) is 0. The molecule has 0 bridgehead atoms. The molecule has 1 heterocycles. The van der Waals surface area contributed by atoms with Crippen molar-refractivity contribution in [3.05, 3.63) is 14.9 Å². The number of sulfonamides is 1. The first-order chi connectivity index (χ1) is 7.77. The Kier molecular flexibility index (Phi) is 5.94. The lowest BCUT2D eigenvalue weighted by Crippen LogP contribution is -2.37. The molecule has 3 nitrogen and oxygen atoms in total. The van der Waals surface area contributed by atoms with Gasteiger partial charge in [-0.25, -0.2) is 13.1 Å². The summed E-state index contributed by atoms with van der Waals surface area (Å²) in [5, 5.41) is 1.16. The molecule has 2 atom stereocenters. The first kappa shape index (κ1) is 15.9. The predicted molar refractivity (Wildman–Crippen MR) is 79.8 cm³/mol. The number of rotatable bonds is 5. The minimum absolute atomic E-state index is 0.140. The molecule has 0 saturated carbocycles. The average Bonchev–Trinajstić information content (AvgIpc) is 2.58. The van der Waals surface area contributed by atoms with Crippen LogP contribution in [0.25, 0.3) is 0 Å². The molecule has 0 radical (unpaired) electrons. The van der Waals surface area contributed by atoms with Gasteiger partial charge in [0.25, 0.3) is 0 Å². The molecular weight excluding hydrogens is 413 g/mol. The summed E-state index contributed by atoms with van der Waals surface area (Å²) in [5.41, 5.74) is 0. The Balaban J connectivity index is 2.89. The van der Waals surface area contributed by atoms with Crippen LogP contribution in [0.3, 0.4) is 0 Å². The highest BCUT2D eigenvalue weighted by Gasteiger charge is 2.23. The molecule has 0 aliphatic rings. The zero-order valence-electron chi connectivity index (χ0n) is 9.21. The second-order valence-electron chi connectivity index (χ2n) is 3.73. The number of alkyl halides is 1. The highest BCUT2D eigenvalue weighted by molar-refractivity contribution is 9.11. The molecule has 0 spiro atoms. The fourth-order valence-corrected chi connectivity index (χ4v) is 5.34. The van der Waals surface area contributed by atoms with Gasteiger partial charge in [0.2, 0.25) is 10.0 Å². The highest BCUT2D eigenvalue weighted by Crippen LogP contribution is 2.34. The average molecular weight is 426 g/mol. The van der Waals surface area contributed by atoms with Crippen molar-refractivity contribution in [3.63, 3.8) is 0 Å². The number of hydrogen-bond donors (Lipinski definition) is 1. The van der Waals surface area contributed by atoms with E-state index in [-0.39, 0.29) is 16.2 Å². The largest absolute Gasteiger partial charge is 0.250 e. The minimum Gasteiger partial charge on any atom is -0.207 e. The zero-order chi connectivity index (χ0) is 13.2. The maximum absolute atomic E-state index is 12.0. The minimum atomic E-state index is -3.48. The molecule has 0 aliphatic heterocycles. The van der Waals surface area contributed by atoms with Crippen LogP contribution in [0.5, 0.6) is 0 Å². The van der Waals surface area contributed by atoms with E-state index in [2.05, 4.69) is 36.6 Å². The molecule has 1 aromatic rings. The van der Waals surface area contributed by atoms with E-state index in [9.17, 15) is 8.42 Å². The van der Waals surface area contributed by atoms with Gasteiger partial charge in [-0.2, -0.15) is 0 Å². The van der Waals surface area contributed by atoms with Crippen LogP contribution in [0.4, 0.5) is 0 Å². The van der Waals surface area contributed by atoms with Gasteiger partial charge in [0.05, 0.1) is 8.81 Å². The van der Waals surface area contributed by atoms with Crippen LogP contribution < -0.4 is 4.72 Å². The van der Waals surface area contributed by atoms with Gasteiger partial charge in [0.15, 0.2) is 0 Å². The van der Waals surface area contributed by atoms with Crippen molar-refractivity contribution in [2.24, 2.45) is 5.92 Å². The lowest BCUT2D eigenvalue weighted by Gasteiger charge is -2.18. The molecule has 1 rings (SSSR count). The standard InChI is InChI=1S/C9H12Br2ClNO2S2/c1-5(4-10)6(2)13-17(14,15)8-3-7(12)9(11)16-8/h3,5-6,13H,4H2,1-2H3. The molecular formula is C9H12Br2ClNO2S2. The van der Waals surface area contributed by atoms with E-state index < -0.39 is 10.0 Å². The lowest BCUT2D eigenvalue weighted by molar-refractivity contribution is 0.485. The molecule has 0 aliphatic carbocycles. The van der Waals surface area contributed by atoms with Gasteiger partial charge in [-0.15, -0.1) is 11.3 Å². The molecule has 0 amide bonds. The van der Waals surface area contributed by atoms with Gasteiger partial charge < -0.3 is 0 Å². The Morgan fingerprint density at radius 2 is 2.12 bits per heavy atom. The molecule has 8 heteroatoms. The maximum atomic E-state index is 12.0. The quantitative estimate of drug-likeness (QED) is 0.728. The van der Waals surface area contributed by atoms with E-state index in [0.717, 1.165) is 16.7 Å². The summed E-state index contributed by atoms with van der Waals surface area (Å²) in [6.45, 7) is 3.81. The van der Waals surface area contributed by atoms with Crippen molar-refractivity contribution in [2.45, 2.75) is 24.1 Å².